The molecule has 0 saturated carbocycles. The van der Waals surface area contributed by atoms with Crippen LogP contribution in [0.15, 0.2) is 72.8 Å². The van der Waals surface area contributed by atoms with Crippen molar-refractivity contribution in [3.63, 3.8) is 0 Å². The van der Waals surface area contributed by atoms with E-state index in [0.29, 0.717) is 33.9 Å². The summed E-state index contributed by atoms with van der Waals surface area (Å²) in [7, 11) is -0.607. The maximum Gasteiger partial charge on any atom is 0.258 e. The zero-order valence-corrected chi connectivity index (χ0v) is 21.9. The fraction of sp³-hybridized carbons (Fsp3) is 0.148. The number of hydrogen-bond acceptors (Lipinski definition) is 6. The lowest BCUT2D eigenvalue weighted by Gasteiger charge is -2.24. The second kappa shape index (κ2) is 10.4. The molecule has 11 heteroatoms. The number of primary amides is 1. The van der Waals surface area contributed by atoms with E-state index >= 15 is 0 Å². The van der Waals surface area contributed by atoms with Crippen LogP contribution in [0.4, 0.5) is 17.1 Å². The topological polar surface area (TPSA) is 142 Å². The molecule has 3 amide bonds. The molecule has 0 unspecified atom stereocenters. The summed E-state index contributed by atoms with van der Waals surface area (Å²) in [4.78, 5) is 38.2. The molecule has 1 heterocycles. The predicted octanol–water partition coefficient (Wildman–Crippen LogP) is 2.57. The average Bonchev–Trinajstić information content (AvgIpc) is 3.20. The summed E-state index contributed by atoms with van der Waals surface area (Å²) in [6.45, 7) is -0.331. The van der Waals surface area contributed by atoms with Crippen molar-refractivity contribution in [3.05, 3.63) is 89.5 Å². The van der Waals surface area contributed by atoms with Crippen LogP contribution in [0, 0.1) is 0 Å². The average molecular weight is 534 g/mol. The number of carbonyl (C=O) groups is 3. The fourth-order valence-electron chi connectivity index (χ4n) is 3.98. The van der Waals surface area contributed by atoms with E-state index in [1.165, 1.54) is 11.0 Å². The van der Waals surface area contributed by atoms with Gasteiger partial charge in [0.25, 0.3) is 5.91 Å². The highest BCUT2D eigenvalue weighted by molar-refractivity contribution is 7.92. The Morgan fingerprint density at radius 2 is 1.61 bits per heavy atom. The van der Waals surface area contributed by atoms with Crippen LogP contribution in [0.3, 0.4) is 0 Å². The SMILES string of the molecule is CN(C)C(=O)CN(c1ccc(N/C(=C2\C(=O)Nc3cc(C(N)=O)ccc32)c2ccccc2)cc1)S(C)(=O)=O. The monoisotopic (exact) mass is 533 g/mol. The van der Waals surface area contributed by atoms with Crippen molar-refractivity contribution in [3.8, 4) is 0 Å². The smallest absolute Gasteiger partial charge is 0.258 e. The Labute approximate surface area is 220 Å². The number of likely N-dealkylation sites (N-methyl/N-ethyl adjacent to an activating group) is 1. The molecule has 0 atom stereocenters. The van der Waals surface area contributed by atoms with Crippen molar-refractivity contribution in [2.24, 2.45) is 5.73 Å². The van der Waals surface area contributed by atoms with Gasteiger partial charge in [0.2, 0.25) is 21.8 Å². The molecule has 10 nitrogen and oxygen atoms in total. The van der Waals surface area contributed by atoms with Crippen LogP contribution in [0.5, 0.6) is 0 Å². The maximum atomic E-state index is 13.1. The standard InChI is InChI=1S/C27H27N5O5S/c1-31(2)23(33)16-32(38(3,36)37)20-12-10-19(11-13-20)29-25(17-7-5-4-6-8-17)24-21-14-9-18(26(28)34)15-22(21)30-27(24)35/h4-15,29H,16H2,1-3H3,(H2,28,34)(H,30,35)/b25-24-. The quantitative estimate of drug-likeness (QED) is 0.380. The van der Waals surface area contributed by atoms with E-state index in [4.69, 9.17) is 5.73 Å². The van der Waals surface area contributed by atoms with Gasteiger partial charge in [0.15, 0.2) is 0 Å². The molecule has 3 aromatic carbocycles. The van der Waals surface area contributed by atoms with Crippen LogP contribution in [0.1, 0.15) is 21.5 Å². The largest absolute Gasteiger partial charge is 0.366 e. The van der Waals surface area contributed by atoms with Gasteiger partial charge in [-0.3, -0.25) is 18.7 Å². The summed E-state index contributed by atoms with van der Waals surface area (Å²) >= 11 is 0. The molecule has 4 N–H and O–H groups in total. The highest BCUT2D eigenvalue weighted by atomic mass is 32.2. The first kappa shape index (κ1) is 26.4. The van der Waals surface area contributed by atoms with Gasteiger partial charge in [-0.05, 0) is 42.0 Å². The fourth-order valence-corrected chi connectivity index (χ4v) is 4.83. The molecule has 1 aliphatic rings. The number of carbonyl (C=O) groups excluding carboxylic acids is 3. The van der Waals surface area contributed by atoms with Crippen LogP contribution in [-0.2, 0) is 19.6 Å². The lowest BCUT2D eigenvalue weighted by Crippen LogP contribution is -2.39. The summed E-state index contributed by atoms with van der Waals surface area (Å²) in [5.74, 6) is -1.31. The second-order valence-corrected chi connectivity index (χ2v) is 10.8. The van der Waals surface area contributed by atoms with Crippen LogP contribution >= 0.6 is 0 Å². The van der Waals surface area contributed by atoms with Gasteiger partial charge in [-0.25, -0.2) is 8.42 Å². The first-order valence-electron chi connectivity index (χ1n) is 11.6. The van der Waals surface area contributed by atoms with E-state index in [0.717, 1.165) is 16.1 Å². The summed E-state index contributed by atoms with van der Waals surface area (Å²) in [6, 6.07) is 20.5. The Morgan fingerprint density at radius 1 is 0.947 bits per heavy atom. The lowest BCUT2D eigenvalue weighted by atomic mass is 9.99. The number of hydrogen-bond donors (Lipinski definition) is 3. The van der Waals surface area contributed by atoms with Crippen LogP contribution < -0.4 is 20.7 Å². The van der Waals surface area contributed by atoms with Gasteiger partial charge in [-0.2, -0.15) is 0 Å². The van der Waals surface area contributed by atoms with E-state index in [1.807, 2.05) is 30.3 Å². The number of nitrogens with two attached hydrogens (primary N) is 1. The number of nitrogens with zero attached hydrogens (tertiary/aromatic N) is 2. The highest BCUT2D eigenvalue weighted by Gasteiger charge is 2.29. The van der Waals surface area contributed by atoms with Gasteiger partial charge in [0, 0.05) is 36.6 Å². The van der Waals surface area contributed by atoms with E-state index in [9.17, 15) is 22.8 Å². The number of amides is 3. The summed E-state index contributed by atoms with van der Waals surface area (Å²) < 4.78 is 25.8. The molecular formula is C27H27N5O5S. The number of anilines is 3. The predicted molar refractivity (Wildman–Crippen MR) is 148 cm³/mol. The van der Waals surface area contributed by atoms with Crippen molar-refractivity contribution in [1.82, 2.24) is 4.90 Å². The minimum absolute atomic E-state index is 0.276. The molecule has 3 aromatic rings. The normalized spacial score (nSPS) is 13.8. The second-order valence-electron chi connectivity index (χ2n) is 8.92. The molecule has 0 aliphatic carbocycles. The molecule has 0 radical (unpaired) electrons. The Balaban J connectivity index is 1.74. The van der Waals surface area contributed by atoms with Gasteiger partial charge in [-0.1, -0.05) is 36.4 Å². The van der Waals surface area contributed by atoms with E-state index < -0.39 is 15.9 Å². The molecular weight excluding hydrogens is 506 g/mol. The number of benzene rings is 3. The van der Waals surface area contributed by atoms with Crippen LogP contribution in [0.2, 0.25) is 0 Å². The molecule has 0 aromatic heterocycles. The van der Waals surface area contributed by atoms with Crippen molar-refractivity contribution < 1.29 is 22.8 Å². The van der Waals surface area contributed by atoms with Gasteiger partial charge >= 0.3 is 0 Å². The molecule has 0 fully saturated rings. The summed E-state index contributed by atoms with van der Waals surface area (Å²) in [6.07, 6.45) is 1.04. The molecule has 1 aliphatic heterocycles. The lowest BCUT2D eigenvalue weighted by molar-refractivity contribution is -0.127. The molecule has 4 rings (SSSR count). The third-order valence-corrected chi connectivity index (χ3v) is 7.10. The maximum absolute atomic E-state index is 13.1. The van der Waals surface area contributed by atoms with Crippen molar-refractivity contribution >= 4 is 56.1 Å². The Morgan fingerprint density at radius 3 is 2.18 bits per heavy atom. The van der Waals surface area contributed by atoms with Gasteiger partial charge < -0.3 is 21.3 Å². The molecule has 0 bridgehead atoms. The van der Waals surface area contributed by atoms with Crippen molar-refractivity contribution in [2.45, 2.75) is 0 Å². The Bertz CT molecular complexity index is 1550. The molecule has 196 valence electrons. The third kappa shape index (κ3) is 5.52. The first-order chi connectivity index (χ1) is 18.0. The van der Waals surface area contributed by atoms with E-state index in [-0.39, 0.29) is 23.9 Å². The molecule has 38 heavy (non-hydrogen) atoms. The third-order valence-electron chi connectivity index (χ3n) is 5.96. The first-order valence-corrected chi connectivity index (χ1v) is 13.4. The van der Waals surface area contributed by atoms with E-state index in [1.54, 1.807) is 50.5 Å². The Hall–Kier alpha value is -4.64. The minimum atomic E-state index is -3.72. The van der Waals surface area contributed by atoms with Crippen molar-refractivity contribution in [2.75, 3.05) is 41.8 Å². The number of fused-ring (bicyclic) bond motifs is 1. The summed E-state index contributed by atoms with van der Waals surface area (Å²) in [5.41, 5.74) is 9.29. The molecule has 0 saturated heterocycles. The van der Waals surface area contributed by atoms with Gasteiger partial charge in [0.05, 0.1) is 23.2 Å². The zero-order valence-electron chi connectivity index (χ0n) is 21.1. The van der Waals surface area contributed by atoms with E-state index in [2.05, 4.69) is 10.6 Å². The van der Waals surface area contributed by atoms with Crippen LogP contribution in [0.25, 0.3) is 11.3 Å². The number of nitrogens with one attached hydrogen (secondary N) is 2. The van der Waals surface area contributed by atoms with Crippen molar-refractivity contribution in [1.29, 1.82) is 0 Å². The highest BCUT2D eigenvalue weighted by Crippen LogP contribution is 2.38. The van der Waals surface area contributed by atoms with Gasteiger partial charge in [0.1, 0.15) is 6.54 Å². The Kier molecular flexibility index (Phi) is 7.22. The van der Waals surface area contributed by atoms with Gasteiger partial charge in [-0.15, -0.1) is 0 Å². The number of rotatable bonds is 8. The van der Waals surface area contributed by atoms with Crippen LogP contribution in [-0.4, -0.2) is 57.9 Å². The zero-order chi connectivity index (χ0) is 27.6. The summed E-state index contributed by atoms with van der Waals surface area (Å²) in [5, 5.41) is 6.09. The minimum Gasteiger partial charge on any atom is -0.366 e. The molecule has 0 spiro atoms. The number of sulfonamides is 1.